The van der Waals surface area contributed by atoms with Gasteiger partial charge in [0.1, 0.15) is 5.82 Å². The Morgan fingerprint density at radius 2 is 1.06 bits per heavy atom. The van der Waals surface area contributed by atoms with Crippen molar-refractivity contribution in [3.8, 4) is 56.0 Å². The van der Waals surface area contributed by atoms with Crippen molar-refractivity contribution in [1.29, 1.82) is 0 Å². The van der Waals surface area contributed by atoms with Crippen LogP contribution in [-0.4, -0.2) is 15.0 Å². The van der Waals surface area contributed by atoms with Crippen molar-refractivity contribution in [2.75, 3.05) is 0 Å². The lowest BCUT2D eigenvalue weighted by Crippen LogP contribution is -1.85. The van der Waals surface area contributed by atoms with E-state index in [-0.39, 0.29) is 0 Å². The molecule has 0 atom stereocenters. The van der Waals surface area contributed by atoms with Gasteiger partial charge in [-0.1, -0.05) is 158 Å². The summed E-state index contributed by atoms with van der Waals surface area (Å²) in [7, 11) is 0. The summed E-state index contributed by atoms with van der Waals surface area (Å²) in [4.78, 5) is 12.2. The molecule has 2 N–H and O–H groups in total. The number of H-pyrrole nitrogens is 2. The van der Waals surface area contributed by atoms with Gasteiger partial charge < -0.3 is 9.97 Å². The van der Waals surface area contributed by atoms with E-state index in [9.17, 15) is 0 Å². The predicted octanol–water partition coefficient (Wildman–Crippen LogP) is 12.7. The lowest BCUT2D eigenvalue weighted by Gasteiger charge is -2.10. The van der Waals surface area contributed by atoms with Crippen LogP contribution < -0.4 is 0 Å². The van der Waals surface area contributed by atoms with Gasteiger partial charge in [-0.25, -0.2) is 4.98 Å². The van der Waals surface area contributed by atoms with Gasteiger partial charge in [-0.2, -0.15) is 0 Å². The molecule has 0 amide bonds. The highest BCUT2D eigenvalue weighted by Gasteiger charge is 2.17. The standard InChI is InChI=1S/C47H33N3/c1-2-3-19-43-49-46(34-17-11-6-12-18-34)47(50-43)35-22-20-31(21-23-35)36-26-27-39-37(28-36)24-25-38-29-42-41(30-40(38)39)44(32-13-7-4-8-14-32)45(48-42)33-15-9-5-10-16-33/h2-30,48H,1H2,(H,49,50)/b19-3-. The Bertz CT molecular complexity index is 2680. The number of aromatic nitrogens is 3. The van der Waals surface area contributed by atoms with Crippen molar-refractivity contribution in [2.24, 2.45) is 0 Å². The molecule has 9 aromatic rings. The summed E-state index contributed by atoms with van der Waals surface area (Å²) in [6, 6.07) is 56.4. The SMILES string of the molecule is C=C/C=C\c1nc(-c2ccc(-c3ccc4c(ccc5cc6[nH]c(-c7ccccc7)c(-c7ccccc7)c6cc54)c3)cc2)c(-c2ccccc2)[nH]1. The van der Waals surface area contributed by atoms with Crippen LogP contribution >= 0.6 is 0 Å². The Kier molecular flexibility index (Phi) is 7.29. The lowest BCUT2D eigenvalue weighted by atomic mass is 9.94. The van der Waals surface area contributed by atoms with Crippen LogP contribution in [0.15, 0.2) is 176 Å². The summed E-state index contributed by atoms with van der Waals surface area (Å²) in [5, 5.41) is 6.16. The molecule has 50 heavy (non-hydrogen) atoms. The Morgan fingerprint density at radius 3 is 1.74 bits per heavy atom. The van der Waals surface area contributed by atoms with Gasteiger partial charge in [-0.05, 0) is 68.1 Å². The van der Waals surface area contributed by atoms with E-state index in [0.717, 1.165) is 39.5 Å². The maximum Gasteiger partial charge on any atom is 0.131 e. The number of rotatable bonds is 7. The largest absolute Gasteiger partial charge is 0.354 e. The van der Waals surface area contributed by atoms with Gasteiger partial charge >= 0.3 is 0 Å². The zero-order valence-electron chi connectivity index (χ0n) is 27.4. The molecule has 236 valence electrons. The second-order valence-electron chi connectivity index (χ2n) is 12.6. The van der Waals surface area contributed by atoms with E-state index in [4.69, 9.17) is 4.98 Å². The molecule has 0 saturated carbocycles. The van der Waals surface area contributed by atoms with Gasteiger partial charge in [0.05, 0.1) is 17.1 Å². The van der Waals surface area contributed by atoms with Gasteiger partial charge in [-0.3, -0.25) is 0 Å². The summed E-state index contributed by atoms with van der Waals surface area (Å²) < 4.78 is 0. The first-order valence-corrected chi connectivity index (χ1v) is 16.9. The first-order valence-electron chi connectivity index (χ1n) is 16.9. The second kappa shape index (κ2) is 12.4. The minimum atomic E-state index is 0.800. The molecule has 2 heterocycles. The van der Waals surface area contributed by atoms with E-state index < -0.39 is 0 Å². The van der Waals surface area contributed by atoms with Crippen molar-refractivity contribution < 1.29 is 0 Å². The Morgan fingerprint density at radius 1 is 0.460 bits per heavy atom. The average molecular weight is 640 g/mol. The molecule has 7 aromatic carbocycles. The minimum Gasteiger partial charge on any atom is -0.354 e. The van der Waals surface area contributed by atoms with Gasteiger partial charge in [0, 0.05) is 27.6 Å². The van der Waals surface area contributed by atoms with E-state index in [1.165, 1.54) is 54.7 Å². The third kappa shape index (κ3) is 5.22. The number of fused-ring (bicyclic) bond motifs is 4. The van der Waals surface area contributed by atoms with E-state index >= 15 is 0 Å². The Balaban J connectivity index is 1.12. The summed E-state index contributed by atoms with van der Waals surface area (Å²) in [6.07, 6.45) is 5.60. The summed E-state index contributed by atoms with van der Waals surface area (Å²) >= 11 is 0. The zero-order valence-corrected chi connectivity index (χ0v) is 27.4. The molecule has 0 bridgehead atoms. The maximum atomic E-state index is 4.94. The van der Waals surface area contributed by atoms with E-state index in [1.54, 1.807) is 6.08 Å². The fourth-order valence-corrected chi connectivity index (χ4v) is 7.13. The molecule has 3 heteroatoms. The predicted molar refractivity (Wildman–Crippen MR) is 212 cm³/mol. The fraction of sp³-hybridized carbons (Fsp3) is 0. The minimum absolute atomic E-state index is 0.800. The highest BCUT2D eigenvalue weighted by atomic mass is 14.9. The van der Waals surface area contributed by atoms with Gasteiger partial charge in [0.2, 0.25) is 0 Å². The quantitative estimate of drug-likeness (QED) is 0.132. The number of hydrogen-bond acceptors (Lipinski definition) is 1. The van der Waals surface area contributed by atoms with Crippen molar-refractivity contribution in [2.45, 2.75) is 0 Å². The van der Waals surface area contributed by atoms with E-state index in [2.05, 4.69) is 168 Å². The molecular weight excluding hydrogens is 607 g/mol. The molecule has 0 aliphatic heterocycles. The summed E-state index contributed by atoms with van der Waals surface area (Å²) in [6.45, 7) is 3.80. The Labute approximate surface area is 290 Å². The zero-order chi connectivity index (χ0) is 33.4. The molecule has 0 fully saturated rings. The van der Waals surface area contributed by atoms with Crippen LogP contribution in [0.4, 0.5) is 0 Å². The fourth-order valence-electron chi connectivity index (χ4n) is 7.13. The molecule has 9 rings (SSSR count). The van der Waals surface area contributed by atoms with Crippen LogP contribution in [0.5, 0.6) is 0 Å². The first-order chi connectivity index (χ1) is 24.7. The van der Waals surface area contributed by atoms with Crippen molar-refractivity contribution in [3.05, 3.63) is 182 Å². The second-order valence-corrected chi connectivity index (χ2v) is 12.6. The third-order valence-corrected chi connectivity index (χ3v) is 9.54. The Hall–Kier alpha value is -6.71. The maximum absolute atomic E-state index is 4.94. The number of imidazole rings is 1. The van der Waals surface area contributed by atoms with Crippen LogP contribution in [0.1, 0.15) is 5.82 Å². The molecule has 3 nitrogen and oxygen atoms in total. The van der Waals surface area contributed by atoms with Gasteiger partial charge in [0.25, 0.3) is 0 Å². The van der Waals surface area contributed by atoms with Gasteiger partial charge in [-0.15, -0.1) is 0 Å². The number of nitrogens with one attached hydrogen (secondary N) is 2. The number of hydrogen-bond donors (Lipinski definition) is 2. The molecule has 0 radical (unpaired) electrons. The van der Waals surface area contributed by atoms with Crippen LogP contribution in [0.2, 0.25) is 0 Å². The molecule has 2 aromatic heterocycles. The van der Waals surface area contributed by atoms with Crippen LogP contribution in [-0.2, 0) is 0 Å². The average Bonchev–Trinajstić information content (AvgIpc) is 3.79. The molecule has 0 saturated heterocycles. The number of benzene rings is 7. The first kappa shape index (κ1) is 29.4. The third-order valence-electron chi connectivity index (χ3n) is 9.54. The van der Waals surface area contributed by atoms with Crippen molar-refractivity contribution in [3.63, 3.8) is 0 Å². The lowest BCUT2D eigenvalue weighted by molar-refractivity contribution is 1.27. The number of aromatic amines is 2. The van der Waals surface area contributed by atoms with Crippen molar-refractivity contribution in [1.82, 2.24) is 15.0 Å². The summed E-state index contributed by atoms with van der Waals surface area (Å²) in [5.74, 6) is 0.800. The molecule has 0 aliphatic carbocycles. The summed E-state index contributed by atoms with van der Waals surface area (Å²) in [5.41, 5.74) is 12.4. The van der Waals surface area contributed by atoms with Crippen LogP contribution in [0.25, 0.3) is 94.5 Å². The van der Waals surface area contributed by atoms with E-state index in [1.807, 2.05) is 18.2 Å². The highest BCUT2D eigenvalue weighted by Crippen LogP contribution is 2.41. The van der Waals surface area contributed by atoms with E-state index in [0.29, 0.717) is 0 Å². The molecule has 0 unspecified atom stereocenters. The molecule has 0 aliphatic rings. The monoisotopic (exact) mass is 639 g/mol. The topological polar surface area (TPSA) is 44.5 Å². The molecule has 0 spiro atoms. The van der Waals surface area contributed by atoms with Crippen LogP contribution in [0.3, 0.4) is 0 Å². The number of nitrogens with zero attached hydrogens (tertiary/aromatic N) is 1. The number of allylic oxidation sites excluding steroid dienone is 2. The van der Waals surface area contributed by atoms with Crippen molar-refractivity contribution >= 4 is 38.5 Å². The molecular formula is C47H33N3. The highest BCUT2D eigenvalue weighted by molar-refractivity contribution is 6.16. The normalized spacial score (nSPS) is 11.6. The van der Waals surface area contributed by atoms with Gasteiger partial charge in [0.15, 0.2) is 0 Å². The van der Waals surface area contributed by atoms with Crippen LogP contribution in [0, 0.1) is 0 Å². The smallest absolute Gasteiger partial charge is 0.131 e.